The van der Waals surface area contributed by atoms with Crippen molar-refractivity contribution in [2.24, 2.45) is 0 Å². The largest absolute Gasteiger partial charge is 0.480 e. The Balaban J connectivity index is 3.20. The summed E-state index contributed by atoms with van der Waals surface area (Å²) in [5, 5.41) is 8.64. The first-order valence-corrected chi connectivity index (χ1v) is 7.30. The molecule has 0 radical (unpaired) electrons. The summed E-state index contributed by atoms with van der Waals surface area (Å²) >= 11 is 0. The van der Waals surface area contributed by atoms with Crippen LogP contribution in [0.15, 0.2) is 23.1 Å². The standard InChI is InChI=1S/C12H15NO5S/c1-8-4-5-9(19(3,17)18)6-10(8)12(16)13(2)7-11(14)15/h4-6H,7H2,1-3H3,(H,14,15). The molecule has 0 bridgehead atoms. The molecule has 6 nitrogen and oxygen atoms in total. The molecular weight excluding hydrogens is 270 g/mol. The molecule has 0 spiro atoms. The first-order valence-electron chi connectivity index (χ1n) is 5.41. The minimum absolute atomic E-state index is 0.0326. The van der Waals surface area contributed by atoms with Gasteiger partial charge < -0.3 is 10.0 Å². The van der Waals surface area contributed by atoms with Gasteiger partial charge in [0.2, 0.25) is 0 Å². The fourth-order valence-corrected chi connectivity index (χ4v) is 2.19. The number of likely N-dealkylation sites (N-methyl/N-ethyl adjacent to an activating group) is 1. The fraction of sp³-hybridized carbons (Fsp3) is 0.333. The first kappa shape index (κ1) is 15.2. The van der Waals surface area contributed by atoms with Crippen molar-refractivity contribution in [1.29, 1.82) is 0 Å². The van der Waals surface area contributed by atoms with Crippen LogP contribution in [0.5, 0.6) is 0 Å². The van der Waals surface area contributed by atoms with Crippen LogP contribution in [0.1, 0.15) is 15.9 Å². The van der Waals surface area contributed by atoms with Crippen molar-refractivity contribution >= 4 is 21.7 Å². The average molecular weight is 285 g/mol. The summed E-state index contributed by atoms with van der Waals surface area (Å²) in [7, 11) is -2.06. The highest BCUT2D eigenvalue weighted by Crippen LogP contribution is 2.17. The van der Waals surface area contributed by atoms with Gasteiger partial charge in [-0.25, -0.2) is 8.42 Å². The van der Waals surface area contributed by atoms with E-state index >= 15 is 0 Å². The molecular formula is C12H15NO5S. The summed E-state index contributed by atoms with van der Waals surface area (Å²) in [4.78, 5) is 23.7. The summed E-state index contributed by atoms with van der Waals surface area (Å²) in [6.07, 6.45) is 1.05. The number of carboxylic acids is 1. The number of carbonyl (C=O) groups is 2. The van der Waals surface area contributed by atoms with E-state index in [0.717, 1.165) is 11.2 Å². The van der Waals surface area contributed by atoms with Gasteiger partial charge in [0.1, 0.15) is 6.54 Å². The number of nitrogens with zero attached hydrogens (tertiary/aromatic N) is 1. The van der Waals surface area contributed by atoms with Gasteiger partial charge in [0.15, 0.2) is 9.84 Å². The average Bonchev–Trinajstić information content (AvgIpc) is 2.26. The molecule has 0 atom stereocenters. The van der Waals surface area contributed by atoms with E-state index in [4.69, 9.17) is 5.11 Å². The molecule has 1 N–H and O–H groups in total. The third kappa shape index (κ3) is 3.78. The van der Waals surface area contributed by atoms with Crippen molar-refractivity contribution in [2.75, 3.05) is 19.8 Å². The number of carboxylic acid groups (broad SMARTS) is 1. The molecule has 0 fully saturated rings. The van der Waals surface area contributed by atoms with Crippen molar-refractivity contribution in [3.8, 4) is 0 Å². The molecule has 7 heteroatoms. The Labute approximate surface area is 111 Å². The molecule has 1 aromatic rings. The van der Waals surface area contributed by atoms with Crippen LogP contribution in [-0.2, 0) is 14.6 Å². The van der Waals surface area contributed by atoms with Crippen LogP contribution in [0.4, 0.5) is 0 Å². The maximum Gasteiger partial charge on any atom is 0.323 e. The van der Waals surface area contributed by atoms with Gasteiger partial charge in [0.25, 0.3) is 5.91 Å². The van der Waals surface area contributed by atoms with E-state index in [1.54, 1.807) is 6.92 Å². The summed E-state index contributed by atoms with van der Waals surface area (Å²) < 4.78 is 22.9. The van der Waals surface area contributed by atoms with Crippen LogP contribution in [-0.4, -0.2) is 50.1 Å². The van der Waals surface area contributed by atoms with Gasteiger partial charge in [-0.2, -0.15) is 0 Å². The monoisotopic (exact) mass is 285 g/mol. The van der Waals surface area contributed by atoms with Crippen molar-refractivity contribution in [2.45, 2.75) is 11.8 Å². The number of aliphatic carboxylic acids is 1. The second-order valence-corrected chi connectivity index (χ2v) is 6.32. The normalized spacial score (nSPS) is 11.1. The third-order valence-electron chi connectivity index (χ3n) is 2.59. The first-order chi connectivity index (χ1) is 8.62. The molecule has 19 heavy (non-hydrogen) atoms. The quantitative estimate of drug-likeness (QED) is 0.872. The minimum Gasteiger partial charge on any atom is -0.480 e. The maximum absolute atomic E-state index is 12.0. The van der Waals surface area contributed by atoms with E-state index in [2.05, 4.69) is 0 Å². The number of amides is 1. The van der Waals surface area contributed by atoms with Crippen molar-refractivity contribution in [3.63, 3.8) is 0 Å². The molecule has 0 aliphatic rings. The van der Waals surface area contributed by atoms with E-state index in [0.29, 0.717) is 5.56 Å². The van der Waals surface area contributed by atoms with Gasteiger partial charge in [-0.1, -0.05) is 6.07 Å². The molecule has 0 unspecified atom stereocenters. The molecule has 1 amide bonds. The lowest BCUT2D eigenvalue weighted by Crippen LogP contribution is -2.32. The highest BCUT2D eigenvalue weighted by Gasteiger charge is 2.18. The molecule has 0 saturated heterocycles. The van der Waals surface area contributed by atoms with Crippen LogP contribution < -0.4 is 0 Å². The predicted octanol–water partition coefficient (Wildman–Crippen LogP) is 0.555. The zero-order chi connectivity index (χ0) is 14.8. The van der Waals surface area contributed by atoms with Gasteiger partial charge >= 0.3 is 5.97 Å². The van der Waals surface area contributed by atoms with Crippen LogP contribution in [0.3, 0.4) is 0 Å². The Morgan fingerprint density at radius 1 is 1.32 bits per heavy atom. The lowest BCUT2D eigenvalue weighted by atomic mass is 10.1. The minimum atomic E-state index is -3.41. The number of aryl methyl sites for hydroxylation is 1. The highest BCUT2D eigenvalue weighted by atomic mass is 32.2. The molecule has 1 rings (SSSR count). The van der Waals surface area contributed by atoms with E-state index in [1.807, 2.05) is 0 Å². The van der Waals surface area contributed by atoms with Crippen LogP contribution in [0.2, 0.25) is 0 Å². The Morgan fingerprint density at radius 3 is 2.37 bits per heavy atom. The Kier molecular flexibility index (Phi) is 4.31. The smallest absolute Gasteiger partial charge is 0.323 e. The molecule has 0 aromatic heterocycles. The van der Waals surface area contributed by atoms with Crippen LogP contribution in [0.25, 0.3) is 0 Å². The summed E-state index contributed by atoms with van der Waals surface area (Å²) in [5.41, 5.74) is 0.779. The number of rotatable bonds is 4. The Hall–Kier alpha value is -1.89. The van der Waals surface area contributed by atoms with Crippen molar-refractivity contribution < 1.29 is 23.1 Å². The maximum atomic E-state index is 12.0. The molecule has 1 aromatic carbocycles. The lowest BCUT2D eigenvalue weighted by molar-refractivity contribution is -0.137. The number of benzene rings is 1. The third-order valence-corrected chi connectivity index (χ3v) is 3.70. The second-order valence-electron chi connectivity index (χ2n) is 4.30. The predicted molar refractivity (Wildman–Crippen MR) is 68.9 cm³/mol. The number of hydrogen-bond acceptors (Lipinski definition) is 4. The zero-order valence-corrected chi connectivity index (χ0v) is 11.7. The van der Waals surface area contributed by atoms with Gasteiger partial charge in [0.05, 0.1) is 4.90 Å². The number of hydrogen-bond donors (Lipinski definition) is 1. The molecule has 0 saturated carbocycles. The summed E-state index contributed by atoms with van der Waals surface area (Å²) in [5.74, 6) is -1.65. The van der Waals surface area contributed by atoms with Gasteiger partial charge in [-0.05, 0) is 24.6 Å². The van der Waals surface area contributed by atoms with Crippen LogP contribution in [0, 0.1) is 6.92 Å². The van der Waals surface area contributed by atoms with Crippen LogP contribution >= 0.6 is 0 Å². The summed E-state index contributed by atoms with van der Waals surface area (Å²) in [6.45, 7) is 1.22. The Bertz CT molecular complexity index is 621. The van der Waals surface area contributed by atoms with Crippen molar-refractivity contribution in [1.82, 2.24) is 4.90 Å². The SMILES string of the molecule is Cc1ccc(S(C)(=O)=O)cc1C(=O)N(C)CC(=O)O. The highest BCUT2D eigenvalue weighted by molar-refractivity contribution is 7.90. The fourth-order valence-electron chi connectivity index (χ4n) is 1.54. The second kappa shape index (κ2) is 5.40. The Morgan fingerprint density at radius 2 is 1.89 bits per heavy atom. The summed E-state index contributed by atoms with van der Waals surface area (Å²) in [6, 6.07) is 4.21. The number of sulfone groups is 1. The van der Waals surface area contributed by atoms with Gasteiger partial charge in [-0.15, -0.1) is 0 Å². The molecule has 0 heterocycles. The van der Waals surface area contributed by atoms with Gasteiger partial charge in [0, 0.05) is 18.9 Å². The van der Waals surface area contributed by atoms with Crippen molar-refractivity contribution in [3.05, 3.63) is 29.3 Å². The van der Waals surface area contributed by atoms with E-state index in [1.165, 1.54) is 25.2 Å². The molecule has 0 aliphatic carbocycles. The van der Waals surface area contributed by atoms with E-state index in [9.17, 15) is 18.0 Å². The van der Waals surface area contributed by atoms with E-state index < -0.39 is 28.3 Å². The molecule has 0 aliphatic heterocycles. The number of carbonyl (C=O) groups excluding carboxylic acids is 1. The zero-order valence-electron chi connectivity index (χ0n) is 10.9. The lowest BCUT2D eigenvalue weighted by Gasteiger charge is -2.16. The van der Waals surface area contributed by atoms with E-state index in [-0.39, 0.29) is 10.5 Å². The molecule has 104 valence electrons. The van der Waals surface area contributed by atoms with Gasteiger partial charge in [-0.3, -0.25) is 9.59 Å². The topological polar surface area (TPSA) is 91.8 Å².